The normalized spacial score (nSPS) is 17.4. The highest BCUT2D eigenvalue weighted by molar-refractivity contribution is 5.94. The molecule has 24 heavy (non-hydrogen) atoms. The summed E-state index contributed by atoms with van der Waals surface area (Å²) in [6.45, 7) is 3.39. The molecule has 3 rings (SSSR count). The molecule has 0 fully saturated rings. The summed E-state index contributed by atoms with van der Waals surface area (Å²) in [5.74, 6) is -0.236. The fraction of sp³-hybridized carbons (Fsp3) is 0.350. The number of carbonyl (C=O) groups is 1. The molecule has 1 aliphatic rings. The second kappa shape index (κ2) is 7.14. The average molecular weight is 326 g/mol. The summed E-state index contributed by atoms with van der Waals surface area (Å²) in [4.78, 5) is 14.5. The van der Waals surface area contributed by atoms with E-state index >= 15 is 0 Å². The molecule has 0 saturated carbocycles. The number of fused-ring (bicyclic) bond motifs is 1. The number of nitrogens with one attached hydrogen (secondary N) is 1. The van der Waals surface area contributed by atoms with Gasteiger partial charge in [0, 0.05) is 24.7 Å². The van der Waals surface area contributed by atoms with Crippen LogP contribution in [0.1, 0.15) is 34.0 Å². The summed E-state index contributed by atoms with van der Waals surface area (Å²) >= 11 is 0. The van der Waals surface area contributed by atoms with Crippen molar-refractivity contribution in [3.63, 3.8) is 0 Å². The van der Waals surface area contributed by atoms with Gasteiger partial charge in [-0.15, -0.1) is 0 Å². The molecule has 0 saturated heterocycles. The minimum Gasteiger partial charge on any atom is -0.350 e. The summed E-state index contributed by atoms with van der Waals surface area (Å²) in [7, 11) is 2.01. The van der Waals surface area contributed by atoms with Crippen LogP contribution < -0.4 is 5.32 Å². The molecule has 0 radical (unpaired) electrons. The molecule has 1 amide bonds. The minimum atomic E-state index is -0.190. The van der Waals surface area contributed by atoms with Crippen LogP contribution in [0, 0.1) is 5.82 Å². The highest BCUT2D eigenvalue weighted by Crippen LogP contribution is 2.22. The second-order valence-corrected chi connectivity index (χ2v) is 6.45. The summed E-state index contributed by atoms with van der Waals surface area (Å²) in [6.07, 6.45) is 1.79. The Hall–Kier alpha value is -2.20. The van der Waals surface area contributed by atoms with Crippen LogP contribution in [0.2, 0.25) is 0 Å². The summed E-state index contributed by atoms with van der Waals surface area (Å²) in [6, 6.07) is 12.9. The van der Waals surface area contributed by atoms with Crippen LogP contribution in [0.25, 0.3) is 0 Å². The second-order valence-electron chi connectivity index (χ2n) is 6.45. The van der Waals surface area contributed by atoms with E-state index in [0.29, 0.717) is 18.7 Å². The van der Waals surface area contributed by atoms with E-state index in [0.717, 1.165) is 18.4 Å². The molecular formula is C20H23FN2O. The minimum absolute atomic E-state index is 0.0454. The van der Waals surface area contributed by atoms with Crippen LogP contribution in [0.15, 0.2) is 42.5 Å². The van der Waals surface area contributed by atoms with Crippen LogP contribution in [0.5, 0.6) is 0 Å². The smallest absolute Gasteiger partial charge is 0.251 e. The molecular weight excluding hydrogens is 303 g/mol. The zero-order valence-electron chi connectivity index (χ0n) is 14.2. The lowest BCUT2D eigenvalue weighted by molar-refractivity contribution is 0.0934. The van der Waals surface area contributed by atoms with E-state index in [1.807, 2.05) is 37.4 Å². The molecule has 2 aromatic carbocycles. The van der Waals surface area contributed by atoms with Gasteiger partial charge in [-0.25, -0.2) is 4.39 Å². The number of aryl methyl sites for hydroxylation is 1. The van der Waals surface area contributed by atoms with Crippen molar-refractivity contribution in [3.05, 3.63) is 70.5 Å². The van der Waals surface area contributed by atoms with Crippen molar-refractivity contribution in [2.24, 2.45) is 0 Å². The number of rotatable bonds is 4. The zero-order valence-corrected chi connectivity index (χ0v) is 14.2. The van der Waals surface area contributed by atoms with Crippen LogP contribution in [0.3, 0.4) is 0 Å². The summed E-state index contributed by atoms with van der Waals surface area (Å²) in [5, 5.41) is 3.02. The largest absolute Gasteiger partial charge is 0.350 e. The summed E-state index contributed by atoms with van der Waals surface area (Å²) in [5.41, 5.74) is 4.12. The quantitative estimate of drug-likeness (QED) is 0.936. The third-order valence-corrected chi connectivity index (χ3v) is 4.79. The van der Waals surface area contributed by atoms with E-state index in [2.05, 4.69) is 17.1 Å². The van der Waals surface area contributed by atoms with Gasteiger partial charge in [0.15, 0.2) is 0 Å². The lowest BCUT2D eigenvalue weighted by atomic mass is 9.94. The number of hydrogen-bond donors (Lipinski definition) is 1. The molecule has 2 aromatic rings. The number of carbonyl (C=O) groups excluding carboxylic acids is 1. The van der Waals surface area contributed by atoms with Gasteiger partial charge in [0.2, 0.25) is 0 Å². The van der Waals surface area contributed by atoms with E-state index < -0.39 is 0 Å². The van der Waals surface area contributed by atoms with Crippen LogP contribution in [-0.2, 0) is 19.4 Å². The molecule has 1 unspecified atom stereocenters. The average Bonchev–Trinajstić information content (AvgIpc) is 2.59. The SMILES string of the molecule is CCc1ccc(C(=O)NCC2Cc3ccc(F)cc3CN2C)cc1. The molecule has 126 valence electrons. The first-order chi connectivity index (χ1) is 11.6. The fourth-order valence-corrected chi connectivity index (χ4v) is 3.18. The Kier molecular flexibility index (Phi) is 4.95. The van der Waals surface area contributed by atoms with Crippen molar-refractivity contribution < 1.29 is 9.18 Å². The molecule has 4 heteroatoms. The maximum Gasteiger partial charge on any atom is 0.251 e. The third kappa shape index (κ3) is 3.65. The number of nitrogens with zero attached hydrogens (tertiary/aromatic N) is 1. The lowest BCUT2D eigenvalue weighted by Crippen LogP contribution is -2.45. The Bertz CT molecular complexity index is 727. The zero-order chi connectivity index (χ0) is 17.1. The lowest BCUT2D eigenvalue weighted by Gasteiger charge is -2.34. The molecule has 0 aromatic heterocycles. The third-order valence-electron chi connectivity index (χ3n) is 4.79. The topological polar surface area (TPSA) is 32.3 Å². The van der Waals surface area contributed by atoms with Gasteiger partial charge in [-0.05, 0) is 60.8 Å². The fourth-order valence-electron chi connectivity index (χ4n) is 3.18. The van der Waals surface area contributed by atoms with Crippen molar-refractivity contribution in [3.8, 4) is 0 Å². The van der Waals surface area contributed by atoms with Gasteiger partial charge in [0.05, 0.1) is 0 Å². The van der Waals surface area contributed by atoms with E-state index in [-0.39, 0.29) is 17.8 Å². The maximum atomic E-state index is 13.3. The number of likely N-dealkylation sites (N-methyl/N-ethyl adjacent to an activating group) is 1. The first-order valence-electron chi connectivity index (χ1n) is 8.41. The van der Waals surface area contributed by atoms with E-state index in [4.69, 9.17) is 0 Å². The van der Waals surface area contributed by atoms with Crippen LogP contribution in [0.4, 0.5) is 4.39 Å². The van der Waals surface area contributed by atoms with E-state index in [1.165, 1.54) is 17.2 Å². The highest BCUT2D eigenvalue weighted by atomic mass is 19.1. The molecule has 0 aliphatic carbocycles. The van der Waals surface area contributed by atoms with Gasteiger partial charge in [-0.2, -0.15) is 0 Å². The molecule has 0 spiro atoms. The predicted octanol–water partition coefficient (Wildman–Crippen LogP) is 3.17. The first kappa shape index (κ1) is 16.7. The number of amides is 1. The standard InChI is InChI=1S/C20H23FN2O/c1-3-14-4-6-15(7-5-14)20(24)22-12-19-11-16-8-9-18(21)10-17(16)13-23(19)2/h4-10,19H,3,11-13H2,1-2H3,(H,22,24). The number of benzene rings is 2. The Morgan fingerprint density at radius 2 is 1.96 bits per heavy atom. The molecule has 1 atom stereocenters. The number of hydrogen-bond acceptors (Lipinski definition) is 2. The molecule has 1 aliphatic heterocycles. The number of halogens is 1. The van der Waals surface area contributed by atoms with Gasteiger partial charge < -0.3 is 5.32 Å². The Morgan fingerprint density at radius 1 is 1.21 bits per heavy atom. The van der Waals surface area contributed by atoms with Crippen molar-refractivity contribution in [2.75, 3.05) is 13.6 Å². The Balaban J connectivity index is 1.61. The highest BCUT2D eigenvalue weighted by Gasteiger charge is 2.24. The van der Waals surface area contributed by atoms with Crippen molar-refractivity contribution >= 4 is 5.91 Å². The van der Waals surface area contributed by atoms with Crippen molar-refractivity contribution in [1.29, 1.82) is 0 Å². The van der Waals surface area contributed by atoms with Crippen LogP contribution in [-0.4, -0.2) is 30.4 Å². The van der Waals surface area contributed by atoms with Gasteiger partial charge in [-0.3, -0.25) is 9.69 Å². The molecule has 1 heterocycles. The van der Waals surface area contributed by atoms with Crippen molar-refractivity contribution in [1.82, 2.24) is 10.2 Å². The van der Waals surface area contributed by atoms with Crippen molar-refractivity contribution in [2.45, 2.75) is 32.4 Å². The van der Waals surface area contributed by atoms with Crippen LogP contribution >= 0.6 is 0 Å². The maximum absolute atomic E-state index is 13.3. The Morgan fingerprint density at radius 3 is 2.67 bits per heavy atom. The van der Waals surface area contributed by atoms with E-state index in [1.54, 1.807) is 6.07 Å². The summed E-state index contributed by atoms with van der Waals surface area (Å²) < 4.78 is 13.3. The van der Waals surface area contributed by atoms with Gasteiger partial charge in [0.25, 0.3) is 5.91 Å². The van der Waals surface area contributed by atoms with Gasteiger partial charge in [0.1, 0.15) is 5.82 Å². The van der Waals surface area contributed by atoms with Gasteiger partial charge >= 0.3 is 0 Å². The van der Waals surface area contributed by atoms with E-state index in [9.17, 15) is 9.18 Å². The monoisotopic (exact) mass is 326 g/mol. The first-order valence-corrected chi connectivity index (χ1v) is 8.41. The molecule has 3 nitrogen and oxygen atoms in total. The van der Waals surface area contributed by atoms with Gasteiger partial charge in [-0.1, -0.05) is 25.1 Å². The Labute approximate surface area is 142 Å². The molecule has 0 bridgehead atoms. The molecule has 1 N–H and O–H groups in total. The predicted molar refractivity (Wildman–Crippen MR) is 93.5 cm³/mol.